The molecule has 6 heteroatoms. The Morgan fingerprint density at radius 1 is 1.15 bits per heavy atom. The average Bonchev–Trinajstić information content (AvgIpc) is 2.43. The second-order valence-corrected chi connectivity index (χ2v) is 7.78. The summed E-state index contributed by atoms with van der Waals surface area (Å²) in [5.41, 5.74) is 0. The molecule has 0 saturated heterocycles. The number of nitrogens with zero attached hydrogens (tertiary/aromatic N) is 1. The van der Waals surface area contributed by atoms with Gasteiger partial charge >= 0.3 is 0 Å². The van der Waals surface area contributed by atoms with Crippen molar-refractivity contribution in [2.24, 2.45) is 0 Å². The van der Waals surface area contributed by atoms with E-state index in [0.717, 1.165) is 25.7 Å². The van der Waals surface area contributed by atoms with Crippen molar-refractivity contribution in [3.8, 4) is 0 Å². The fourth-order valence-corrected chi connectivity index (χ4v) is 4.85. The maximum atomic E-state index is 12.8. The number of sulfonamides is 1. The van der Waals surface area contributed by atoms with Gasteiger partial charge in [-0.2, -0.15) is 4.31 Å². The molecule has 0 spiro atoms. The summed E-state index contributed by atoms with van der Waals surface area (Å²) in [4.78, 5) is 0.222. The Morgan fingerprint density at radius 2 is 1.80 bits per heavy atom. The van der Waals surface area contributed by atoms with Crippen LogP contribution in [0, 0.1) is 0 Å². The maximum Gasteiger partial charge on any atom is 0.243 e. The molecule has 1 saturated carbocycles. The van der Waals surface area contributed by atoms with Gasteiger partial charge in [0.25, 0.3) is 0 Å². The molecule has 1 aliphatic rings. The zero-order valence-electron chi connectivity index (χ0n) is 11.5. The third-order valence-electron chi connectivity index (χ3n) is 3.79. The van der Waals surface area contributed by atoms with E-state index in [9.17, 15) is 8.42 Å². The minimum atomic E-state index is -3.50. The molecule has 1 fully saturated rings. The van der Waals surface area contributed by atoms with Crippen molar-refractivity contribution in [3.05, 3.63) is 28.2 Å². The van der Waals surface area contributed by atoms with Crippen molar-refractivity contribution < 1.29 is 8.42 Å². The first-order valence-electron chi connectivity index (χ1n) is 6.93. The molecule has 1 aromatic rings. The lowest BCUT2D eigenvalue weighted by Crippen LogP contribution is -2.41. The summed E-state index contributed by atoms with van der Waals surface area (Å²) in [6.45, 7) is 2.36. The zero-order valence-corrected chi connectivity index (χ0v) is 13.8. The van der Waals surface area contributed by atoms with Crippen molar-refractivity contribution in [2.75, 3.05) is 6.54 Å². The Balaban J connectivity index is 2.32. The van der Waals surface area contributed by atoms with Crippen LogP contribution < -0.4 is 0 Å². The normalized spacial score (nSPS) is 17.6. The van der Waals surface area contributed by atoms with Gasteiger partial charge in [0.05, 0.1) is 14.9 Å². The molecule has 0 amide bonds. The molecule has 1 aliphatic carbocycles. The third kappa shape index (κ3) is 3.30. The summed E-state index contributed by atoms with van der Waals surface area (Å²) in [7, 11) is -3.50. The summed E-state index contributed by atoms with van der Waals surface area (Å²) in [6, 6.07) is 4.60. The van der Waals surface area contributed by atoms with Crippen LogP contribution in [0.3, 0.4) is 0 Å². The van der Waals surface area contributed by atoms with Gasteiger partial charge in [-0.05, 0) is 31.0 Å². The van der Waals surface area contributed by atoms with Crippen LogP contribution in [0.5, 0.6) is 0 Å². The molecule has 2 rings (SSSR count). The Bertz CT molecular complexity index is 569. The van der Waals surface area contributed by atoms with E-state index < -0.39 is 10.0 Å². The van der Waals surface area contributed by atoms with E-state index in [1.165, 1.54) is 24.6 Å². The van der Waals surface area contributed by atoms with E-state index in [1.807, 2.05) is 6.92 Å². The second-order valence-electron chi connectivity index (χ2n) is 5.08. The highest BCUT2D eigenvalue weighted by molar-refractivity contribution is 7.89. The van der Waals surface area contributed by atoms with Crippen LogP contribution in [0.2, 0.25) is 10.0 Å². The molecular weight excluding hydrogens is 317 g/mol. The standard InChI is InChI=1S/C14H19Cl2NO2S/c1-2-17(11-6-4-3-5-7-11)20(18,19)12-8-9-13(15)14(16)10-12/h8-11H,2-7H2,1H3. The van der Waals surface area contributed by atoms with Gasteiger partial charge in [-0.3, -0.25) is 0 Å². The number of benzene rings is 1. The Labute approximate surface area is 130 Å². The van der Waals surface area contributed by atoms with E-state index in [-0.39, 0.29) is 16.0 Å². The second kappa shape index (κ2) is 6.65. The number of rotatable bonds is 4. The van der Waals surface area contributed by atoms with Crippen molar-refractivity contribution in [1.82, 2.24) is 4.31 Å². The molecule has 0 aliphatic heterocycles. The first-order valence-corrected chi connectivity index (χ1v) is 9.13. The molecule has 0 N–H and O–H groups in total. The van der Waals surface area contributed by atoms with Crippen LogP contribution in [0.1, 0.15) is 39.0 Å². The average molecular weight is 336 g/mol. The Hall–Kier alpha value is -0.290. The fraction of sp³-hybridized carbons (Fsp3) is 0.571. The third-order valence-corrected chi connectivity index (χ3v) is 6.55. The highest BCUT2D eigenvalue weighted by Gasteiger charge is 2.31. The van der Waals surface area contributed by atoms with Crippen LogP contribution in [0.15, 0.2) is 23.1 Å². The van der Waals surface area contributed by atoms with Gasteiger partial charge in [0.2, 0.25) is 10.0 Å². The number of halogens is 2. The highest BCUT2D eigenvalue weighted by atomic mass is 35.5. The van der Waals surface area contributed by atoms with Crippen molar-refractivity contribution in [1.29, 1.82) is 0 Å². The van der Waals surface area contributed by atoms with Gasteiger partial charge in [-0.1, -0.05) is 49.4 Å². The molecule has 0 heterocycles. The van der Waals surface area contributed by atoms with Gasteiger partial charge in [-0.15, -0.1) is 0 Å². The minimum absolute atomic E-state index is 0.105. The maximum absolute atomic E-state index is 12.8. The SMILES string of the molecule is CCN(C1CCCCC1)S(=O)(=O)c1ccc(Cl)c(Cl)c1. The van der Waals surface area contributed by atoms with E-state index in [1.54, 1.807) is 4.31 Å². The van der Waals surface area contributed by atoms with Crippen molar-refractivity contribution in [2.45, 2.75) is 50.0 Å². The Morgan fingerprint density at radius 3 is 2.35 bits per heavy atom. The van der Waals surface area contributed by atoms with Crippen LogP contribution in [-0.4, -0.2) is 25.3 Å². The van der Waals surface area contributed by atoms with Crippen molar-refractivity contribution in [3.63, 3.8) is 0 Å². The highest BCUT2D eigenvalue weighted by Crippen LogP contribution is 2.30. The van der Waals surface area contributed by atoms with E-state index in [4.69, 9.17) is 23.2 Å². The topological polar surface area (TPSA) is 37.4 Å². The van der Waals surface area contributed by atoms with Crippen LogP contribution in [0.4, 0.5) is 0 Å². The lowest BCUT2D eigenvalue weighted by atomic mass is 9.95. The summed E-state index contributed by atoms with van der Waals surface area (Å²) in [5.74, 6) is 0. The Kier molecular flexibility index (Phi) is 5.35. The van der Waals surface area contributed by atoms with Gasteiger partial charge in [0, 0.05) is 12.6 Å². The lowest BCUT2D eigenvalue weighted by Gasteiger charge is -2.32. The molecule has 0 bridgehead atoms. The van der Waals surface area contributed by atoms with Gasteiger partial charge in [0.1, 0.15) is 0 Å². The van der Waals surface area contributed by atoms with Gasteiger partial charge < -0.3 is 0 Å². The quantitative estimate of drug-likeness (QED) is 0.820. The first kappa shape index (κ1) is 16.1. The van der Waals surface area contributed by atoms with Gasteiger partial charge in [-0.25, -0.2) is 8.42 Å². The molecule has 1 aromatic carbocycles. The van der Waals surface area contributed by atoms with E-state index in [2.05, 4.69) is 0 Å². The van der Waals surface area contributed by atoms with Crippen LogP contribution in [0.25, 0.3) is 0 Å². The molecular formula is C14H19Cl2NO2S. The summed E-state index contributed by atoms with van der Waals surface area (Å²) in [5, 5.41) is 0.638. The predicted molar refractivity (Wildman–Crippen MR) is 82.9 cm³/mol. The van der Waals surface area contributed by atoms with Crippen LogP contribution in [-0.2, 0) is 10.0 Å². The molecule has 3 nitrogen and oxygen atoms in total. The monoisotopic (exact) mass is 335 g/mol. The molecule has 20 heavy (non-hydrogen) atoms. The van der Waals surface area contributed by atoms with E-state index >= 15 is 0 Å². The number of hydrogen-bond donors (Lipinski definition) is 0. The van der Waals surface area contributed by atoms with Crippen LogP contribution >= 0.6 is 23.2 Å². The molecule has 0 aromatic heterocycles. The fourth-order valence-electron chi connectivity index (χ4n) is 2.77. The zero-order chi connectivity index (χ0) is 14.8. The largest absolute Gasteiger partial charge is 0.243 e. The van der Waals surface area contributed by atoms with E-state index in [0.29, 0.717) is 11.6 Å². The minimum Gasteiger partial charge on any atom is -0.207 e. The smallest absolute Gasteiger partial charge is 0.207 e. The summed E-state index contributed by atoms with van der Waals surface area (Å²) >= 11 is 11.8. The van der Waals surface area contributed by atoms with Gasteiger partial charge in [0.15, 0.2) is 0 Å². The van der Waals surface area contributed by atoms with Crippen molar-refractivity contribution >= 4 is 33.2 Å². The first-order chi connectivity index (χ1) is 9.46. The summed E-state index contributed by atoms with van der Waals surface area (Å²) < 4.78 is 27.1. The molecule has 112 valence electrons. The molecule has 0 radical (unpaired) electrons. The predicted octanol–water partition coefficient (Wildman–Crippen LogP) is 4.34. The lowest BCUT2D eigenvalue weighted by molar-refractivity contribution is 0.261. The number of hydrogen-bond acceptors (Lipinski definition) is 2. The molecule has 0 atom stereocenters. The molecule has 0 unspecified atom stereocenters. The summed E-state index contributed by atoms with van der Waals surface area (Å²) in [6.07, 6.45) is 5.26.